The monoisotopic (exact) mass is 247 g/mol. The van der Waals surface area contributed by atoms with Crippen molar-refractivity contribution in [1.29, 1.82) is 0 Å². The predicted octanol–water partition coefficient (Wildman–Crippen LogP) is 1.94. The van der Waals surface area contributed by atoms with E-state index < -0.39 is 5.97 Å². The van der Waals surface area contributed by atoms with Gasteiger partial charge in [0, 0.05) is 25.0 Å². The zero-order valence-corrected chi connectivity index (χ0v) is 10.2. The molecule has 2 heterocycles. The molecule has 1 saturated heterocycles. The number of carboxylic acids is 1. The van der Waals surface area contributed by atoms with Crippen molar-refractivity contribution < 1.29 is 9.90 Å². The number of carbonyl (C=O) groups is 1. The molecular weight excluding hydrogens is 230 g/mol. The largest absolute Gasteiger partial charge is 0.476 e. The number of rotatable bonds is 2. The Morgan fingerprint density at radius 1 is 1.22 bits per heavy atom. The maximum absolute atomic E-state index is 11.2. The summed E-state index contributed by atoms with van der Waals surface area (Å²) in [4.78, 5) is 21.6. The summed E-state index contributed by atoms with van der Waals surface area (Å²) in [5, 5.41) is 9.21. The molecule has 96 valence electrons. The van der Waals surface area contributed by atoms with E-state index in [1.165, 1.54) is 25.5 Å². The Balaban J connectivity index is 1.96. The van der Waals surface area contributed by atoms with E-state index in [2.05, 4.69) is 14.9 Å². The van der Waals surface area contributed by atoms with Crippen LogP contribution in [-0.2, 0) is 0 Å². The first kappa shape index (κ1) is 11.4. The van der Waals surface area contributed by atoms with Crippen LogP contribution in [-0.4, -0.2) is 33.6 Å². The number of anilines is 1. The van der Waals surface area contributed by atoms with E-state index in [0.29, 0.717) is 17.8 Å². The van der Waals surface area contributed by atoms with Crippen molar-refractivity contribution >= 4 is 11.8 Å². The van der Waals surface area contributed by atoms with Crippen LogP contribution < -0.4 is 4.90 Å². The molecule has 0 aromatic carbocycles. The van der Waals surface area contributed by atoms with Gasteiger partial charge in [-0.05, 0) is 31.6 Å². The summed E-state index contributed by atoms with van der Waals surface area (Å²) in [5.41, 5.74) is 0.0880. The van der Waals surface area contributed by atoms with E-state index in [0.717, 1.165) is 19.4 Å². The minimum atomic E-state index is -0.988. The highest BCUT2D eigenvalue weighted by Gasteiger charge is 2.37. The van der Waals surface area contributed by atoms with Gasteiger partial charge < -0.3 is 10.0 Å². The maximum atomic E-state index is 11.2. The quantitative estimate of drug-likeness (QED) is 0.865. The van der Waals surface area contributed by atoms with Crippen LogP contribution in [0.2, 0.25) is 0 Å². The summed E-state index contributed by atoms with van der Waals surface area (Å²) in [6.45, 7) is 0.903. The molecule has 1 aromatic heterocycles. The topological polar surface area (TPSA) is 66.3 Å². The summed E-state index contributed by atoms with van der Waals surface area (Å²) in [6, 6.07) is 0.466. The Labute approximate surface area is 106 Å². The van der Waals surface area contributed by atoms with E-state index in [4.69, 9.17) is 0 Å². The minimum absolute atomic E-state index is 0.0880. The zero-order valence-electron chi connectivity index (χ0n) is 10.2. The molecule has 2 aliphatic rings. The maximum Gasteiger partial charge on any atom is 0.358 e. The number of carboxylic acid groups (broad SMARTS) is 1. The Kier molecular flexibility index (Phi) is 2.89. The summed E-state index contributed by atoms with van der Waals surface area (Å²) in [5.74, 6) is 0.280. The van der Waals surface area contributed by atoms with Gasteiger partial charge in [0.1, 0.15) is 0 Å². The van der Waals surface area contributed by atoms with E-state index in [1.54, 1.807) is 6.20 Å². The van der Waals surface area contributed by atoms with Crippen LogP contribution in [0.25, 0.3) is 0 Å². The normalized spacial score (nSPS) is 27.0. The number of nitrogens with zero attached hydrogens (tertiary/aromatic N) is 3. The molecule has 18 heavy (non-hydrogen) atoms. The fraction of sp³-hybridized carbons (Fsp3) is 0.615. The fourth-order valence-corrected chi connectivity index (χ4v) is 3.41. The van der Waals surface area contributed by atoms with Crippen molar-refractivity contribution in [3.8, 4) is 0 Å². The molecule has 5 heteroatoms. The third-order valence-electron chi connectivity index (χ3n) is 4.15. The van der Waals surface area contributed by atoms with Gasteiger partial charge in [-0.15, -0.1) is 0 Å². The van der Waals surface area contributed by atoms with E-state index in [9.17, 15) is 9.90 Å². The number of hydrogen-bond donors (Lipinski definition) is 1. The van der Waals surface area contributed by atoms with Gasteiger partial charge in [-0.3, -0.25) is 0 Å². The van der Waals surface area contributed by atoms with Gasteiger partial charge in [0.05, 0.1) is 0 Å². The Hall–Kier alpha value is -1.65. The van der Waals surface area contributed by atoms with E-state index in [-0.39, 0.29) is 5.69 Å². The lowest BCUT2D eigenvalue weighted by Gasteiger charge is -2.38. The second kappa shape index (κ2) is 4.55. The molecule has 1 aliphatic heterocycles. The number of piperidine rings is 1. The van der Waals surface area contributed by atoms with Crippen molar-refractivity contribution in [3.05, 3.63) is 18.1 Å². The molecular formula is C13H17N3O2. The number of hydrogen-bond acceptors (Lipinski definition) is 4. The molecule has 3 rings (SSSR count). The molecule has 2 fully saturated rings. The average Bonchev–Trinajstić information content (AvgIpc) is 2.86. The first-order chi connectivity index (χ1) is 8.77. The first-order valence-electron chi connectivity index (χ1n) is 6.58. The molecule has 5 nitrogen and oxygen atoms in total. The van der Waals surface area contributed by atoms with Crippen molar-refractivity contribution in [2.75, 3.05) is 11.4 Å². The van der Waals surface area contributed by atoms with E-state index >= 15 is 0 Å². The molecule has 1 saturated carbocycles. The van der Waals surface area contributed by atoms with Crippen LogP contribution >= 0.6 is 0 Å². The lowest BCUT2D eigenvalue weighted by Crippen LogP contribution is -2.44. The highest BCUT2D eigenvalue weighted by atomic mass is 16.4. The molecule has 2 atom stereocenters. The fourth-order valence-electron chi connectivity index (χ4n) is 3.41. The molecule has 1 aliphatic carbocycles. The van der Waals surface area contributed by atoms with Crippen LogP contribution in [0.1, 0.15) is 42.6 Å². The SMILES string of the molecule is O=C(O)c1nccnc1N1CCCC2CCCC21. The number of aromatic carboxylic acids is 1. The van der Waals surface area contributed by atoms with Gasteiger partial charge in [0.25, 0.3) is 0 Å². The third-order valence-corrected chi connectivity index (χ3v) is 4.15. The van der Waals surface area contributed by atoms with Crippen molar-refractivity contribution in [2.24, 2.45) is 5.92 Å². The van der Waals surface area contributed by atoms with Gasteiger partial charge in [-0.25, -0.2) is 14.8 Å². The zero-order chi connectivity index (χ0) is 12.5. The third kappa shape index (κ3) is 1.83. The lowest BCUT2D eigenvalue weighted by molar-refractivity contribution is 0.0690. The molecule has 0 radical (unpaired) electrons. The van der Waals surface area contributed by atoms with Crippen molar-refractivity contribution in [2.45, 2.75) is 38.1 Å². The van der Waals surface area contributed by atoms with Gasteiger partial charge in [0.2, 0.25) is 0 Å². The summed E-state index contributed by atoms with van der Waals surface area (Å²) in [7, 11) is 0. The van der Waals surface area contributed by atoms with Crippen molar-refractivity contribution in [3.63, 3.8) is 0 Å². The molecule has 0 bridgehead atoms. The Morgan fingerprint density at radius 2 is 2.00 bits per heavy atom. The van der Waals surface area contributed by atoms with E-state index in [1.807, 2.05) is 0 Å². The highest BCUT2D eigenvalue weighted by Crippen LogP contribution is 2.39. The highest BCUT2D eigenvalue weighted by molar-refractivity contribution is 5.91. The van der Waals surface area contributed by atoms with Gasteiger partial charge in [-0.2, -0.15) is 0 Å². The second-order valence-corrected chi connectivity index (χ2v) is 5.13. The van der Waals surface area contributed by atoms with Crippen LogP contribution in [0.4, 0.5) is 5.82 Å². The van der Waals surface area contributed by atoms with Crippen LogP contribution in [0.5, 0.6) is 0 Å². The molecule has 0 amide bonds. The van der Waals surface area contributed by atoms with Crippen LogP contribution in [0, 0.1) is 5.92 Å². The lowest BCUT2D eigenvalue weighted by atomic mass is 9.92. The van der Waals surface area contributed by atoms with Gasteiger partial charge >= 0.3 is 5.97 Å². The Bertz CT molecular complexity index is 463. The molecule has 1 N–H and O–H groups in total. The minimum Gasteiger partial charge on any atom is -0.476 e. The van der Waals surface area contributed by atoms with Crippen LogP contribution in [0.15, 0.2) is 12.4 Å². The molecule has 2 unspecified atom stereocenters. The Morgan fingerprint density at radius 3 is 2.83 bits per heavy atom. The summed E-state index contributed by atoms with van der Waals surface area (Å²) in [6.07, 6.45) is 9.09. The van der Waals surface area contributed by atoms with Crippen LogP contribution in [0.3, 0.4) is 0 Å². The van der Waals surface area contributed by atoms with Crippen molar-refractivity contribution in [1.82, 2.24) is 9.97 Å². The number of fused-ring (bicyclic) bond motifs is 1. The average molecular weight is 247 g/mol. The molecule has 1 aromatic rings. The summed E-state index contributed by atoms with van der Waals surface area (Å²) < 4.78 is 0. The van der Waals surface area contributed by atoms with Gasteiger partial charge in [-0.1, -0.05) is 6.42 Å². The smallest absolute Gasteiger partial charge is 0.358 e. The second-order valence-electron chi connectivity index (χ2n) is 5.13. The standard InChI is InChI=1S/C13H17N3O2/c17-13(18)11-12(15-7-6-14-11)16-8-2-4-9-3-1-5-10(9)16/h6-7,9-10H,1-5,8H2,(H,17,18). The first-order valence-corrected chi connectivity index (χ1v) is 6.58. The molecule has 0 spiro atoms. The number of aromatic nitrogens is 2. The summed E-state index contributed by atoms with van der Waals surface area (Å²) >= 11 is 0. The van der Waals surface area contributed by atoms with Gasteiger partial charge in [0.15, 0.2) is 11.5 Å². The predicted molar refractivity (Wildman–Crippen MR) is 66.7 cm³/mol.